The van der Waals surface area contributed by atoms with E-state index in [-0.39, 0.29) is 13.2 Å². The Morgan fingerprint density at radius 1 is 0.595 bits per heavy atom. The van der Waals surface area contributed by atoms with Crippen molar-refractivity contribution in [3.63, 3.8) is 0 Å². The third kappa shape index (κ3) is 11.4. The lowest BCUT2D eigenvalue weighted by Gasteiger charge is -2.22. The van der Waals surface area contributed by atoms with Crippen LogP contribution in [0.15, 0.2) is 60.7 Å². The van der Waals surface area contributed by atoms with Gasteiger partial charge >= 0.3 is 24.1 Å². The zero-order valence-electron chi connectivity index (χ0n) is 21.7. The number of carboxylic acid groups (broad SMARTS) is 2. The van der Waals surface area contributed by atoms with E-state index in [0.29, 0.717) is 11.1 Å². The molecule has 0 heterocycles. The lowest BCUT2D eigenvalue weighted by Crippen LogP contribution is -2.51. The Morgan fingerprint density at radius 2 is 0.929 bits per heavy atom. The van der Waals surface area contributed by atoms with Crippen molar-refractivity contribution in [3.05, 3.63) is 71.8 Å². The Labute approximate surface area is 256 Å². The van der Waals surface area contributed by atoms with E-state index in [4.69, 9.17) is 9.47 Å². The summed E-state index contributed by atoms with van der Waals surface area (Å²) in [7, 11) is 0. The fourth-order valence-electron chi connectivity index (χ4n) is 3.37. The summed E-state index contributed by atoms with van der Waals surface area (Å²) in [6.07, 6.45) is -4.08. The Hall–Kier alpha value is -4.11. The van der Waals surface area contributed by atoms with E-state index >= 15 is 0 Å². The number of hydrogen-bond acceptors (Lipinski definition) is 9. The Kier molecular flexibility index (Phi) is 13.8. The number of ketones is 3. The van der Waals surface area contributed by atoms with Crippen LogP contribution in [0.1, 0.15) is 24.0 Å². The number of alkyl carbamates (subject to hydrolysis) is 2. The molecule has 0 saturated heterocycles. The van der Waals surface area contributed by atoms with Crippen LogP contribution in [0.25, 0.3) is 0 Å². The first-order chi connectivity index (χ1) is 19.9. The van der Waals surface area contributed by atoms with Gasteiger partial charge in [0.1, 0.15) is 35.0 Å². The second-order valence-corrected chi connectivity index (χ2v) is 10.5. The Bertz CT molecular complexity index is 1190. The summed E-state index contributed by atoms with van der Waals surface area (Å²) in [5, 5.41) is 22.6. The molecule has 2 rings (SSSR count). The highest BCUT2D eigenvalue weighted by atomic mass is 79.9. The van der Waals surface area contributed by atoms with Crippen molar-refractivity contribution in [3.8, 4) is 0 Å². The molecule has 2 unspecified atom stereocenters. The second-order valence-electron chi connectivity index (χ2n) is 8.65. The molecular weight excluding hydrogens is 688 g/mol. The number of carboxylic acids is 2. The normalized spacial score (nSPS) is 13.4. The number of rotatable bonds is 16. The molecule has 0 saturated carbocycles. The number of aliphatic carboxylic acids is 2. The topological polar surface area (TPSA) is 202 Å². The smallest absolute Gasteiger partial charge is 0.408 e. The molecule has 13 nitrogen and oxygen atoms in total. The molecule has 4 atom stereocenters. The van der Waals surface area contributed by atoms with E-state index < -0.39 is 76.1 Å². The first-order valence-corrected chi connectivity index (χ1v) is 14.0. The van der Waals surface area contributed by atoms with E-state index in [0.717, 1.165) is 0 Å². The van der Waals surface area contributed by atoms with E-state index in [9.17, 15) is 43.8 Å². The molecule has 15 heteroatoms. The van der Waals surface area contributed by atoms with Crippen molar-refractivity contribution in [2.24, 2.45) is 0 Å². The van der Waals surface area contributed by atoms with Crippen LogP contribution in [0.3, 0.4) is 0 Å². The maximum atomic E-state index is 13.0. The van der Waals surface area contributed by atoms with Gasteiger partial charge < -0.3 is 30.3 Å². The molecule has 2 amide bonds. The number of carbonyl (C=O) groups excluding carboxylic acids is 5. The van der Waals surface area contributed by atoms with Crippen LogP contribution in [0.5, 0.6) is 0 Å². The summed E-state index contributed by atoms with van der Waals surface area (Å²) in [6, 6.07) is 13.5. The number of hydrogen-bond donors (Lipinski definition) is 4. The highest BCUT2D eigenvalue weighted by Gasteiger charge is 2.40. The predicted octanol–water partition coefficient (Wildman–Crippen LogP) is 2.76. The van der Waals surface area contributed by atoms with Gasteiger partial charge in [-0.1, -0.05) is 92.5 Å². The molecule has 0 aliphatic carbocycles. The molecule has 224 valence electrons. The fourth-order valence-corrected chi connectivity index (χ4v) is 4.89. The van der Waals surface area contributed by atoms with Gasteiger partial charge in [-0.2, -0.15) is 0 Å². The molecule has 0 spiro atoms. The quantitative estimate of drug-likeness (QED) is 0.147. The molecule has 0 aliphatic heterocycles. The number of benzene rings is 2. The summed E-state index contributed by atoms with van der Waals surface area (Å²) in [6.45, 7) is -0.359. The van der Waals surface area contributed by atoms with E-state index in [1.165, 1.54) is 0 Å². The summed E-state index contributed by atoms with van der Waals surface area (Å²) in [4.78, 5) is 82.5. The van der Waals surface area contributed by atoms with Crippen LogP contribution in [-0.4, -0.2) is 73.4 Å². The third-order valence-corrected chi connectivity index (χ3v) is 7.26. The third-order valence-electron chi connectivity index (χ3n) is 5.45. The molecule has 0 bridgehead atoms. The van der Waals surface area contributed by atoms with Gasteiger partial charge in [-0.05, 0) is 11.1 Å². The number of ether oxygens (including phenoxy) is 2. The highest BCUT2D eigenvalue weighted by molar-refractivity contribution is 9.11. The van der Waals surface area contributed by atoms with Crippen LogP contribution >= 0.6 is 31.9 Å². The maximum absolute atomic E-state index is 13.0. The van der Waals surface area contributed by atoms with Crippen LogP contribution in [0.2, 0.25) is 0 Å². The van der Waals surface area contributed by atoms with Gasteiger partial charge in [-0.25, -0.2) is 9.59 Å². The average molecular weight is 714 g/mol. The molecule has 0 radical (unpaired) electrons. The monoisotopic (exact) mass is 712 g/mol. The fraction of sp³-hybridized carbons (Fsp3) is 0.296. The van der Waals surface area contributed by atoms with Gasteiger partial charge in [0.2, 0.25) is 0 Å². The number of amides is 2. The van der Waals surface area contributed by atoms with Crippen molar-refractivity contribution in [1.82, 2.24) is 10.6 Å². The molecule has 2 aromatic carbocycles. The largest absolute Gasteiger partial charge is 0.481 e. The van der Waals surface area contributed by atoms with Crippen molar-refractivity contribution in [2.75, 3.05) is 0 Å². The van der Waals surface area contributed by atoms with E-state index in [1.807, 2.05) is 0 Å². The standard InChI is InChI=1S/C27H26Br2N2O11/c28-21(23(36)17(11-19(32)33)30-26(39)41-13-15-7-3-1-4-8-15)25(38)22(29)24(37)18(12-20(34)35)31-27(40)42-14-16-9-5-2-6-10-16/h1-10,17-18,21-22H,11-14H2,(H,30,39)(H,31,40)(H,32,33)(H,34,35)/t17-,18-,21?,22?/m0/s1. The number of nitrogens with one attached hydrogen (secondary N) is 2. The predicted molar refractivity (Wildman–Crippen MR) is 152 cm³/mol. The van der Waals surface area contributed by atoms with Gasteiger partial charge in [0.05, 0.1) is 12.8 Å². The summed E-state index contributed by atoms with van der Waals surface area (Å²) in [5.74, 6) is -6.30. The highest BCUT2D eigenvalue weighted by Crippen LogP contribution is 2.18. The van der Waals surface area contributed by atoms with Crippen LogP contribution in [0.4, 0.5) is 9.59 Å². The Balaban J connectivity index is 2.05. The lowest BCUT2D eigenvalue weighted by molar-refractivity contribution is -0.140. The maximum Gasteiger partial charge on any atom is 0.408 e. The van der Waals surface area contributed by atoms with Crippen molar-refractivity contribution in [1.29, 1.82) is 0 Å². The van der Waals surface area contributed by atoms with Crippen LogP contribution in [-0.2, 0) is 46.7 Å². The minimum absolute atomic E-state index is 0.180. The van der Waals surface area contributed by atoms with Gasteiger partial charge in [0.25, 0.3) is 0 Å². The van der Waals surface area contributed by atoms with Crippen LogP contribution < -0.4 is 10.6 Å². The van der Waals surface area contributed by atoms with Crippen LogP contribution in [0, 0.1) is 0 Å². The molecule has 0 aromatic heterocycles. The first-order valence-electron chi connectivity index (χ1n) is 12.2. The first kappa shape index (κ1) is 34.1. The number of halogens is 2. The van der Waals surface area contributed by atoms with Gasteiger partial charge in [-0.3, -0.25) is 24.0 Å². The second kappa shape index (κ2) is 17.0. The zero-order valence-corrected chi connectivity index (χ0v) is 24.9. The lowest BCUT2D eigenvalue weighted by atomic mass is 9.98. The molecule has 2 aromatic rings. The minimum Gasteiger partial charge on any atom is -0.481 e. The van der Waals surface area contributed by atoms with Gasteiger partial charge in [0.15, 0.2) is 17.3 Å². The molecular formula is C27H26Br2N2O11. The van der Waals surface area contributed by atoms with E-state index in [2.05, 4.69) is 42.5 Å². The Morgan fingerprint density at radius 3 is 1.24 bits per heavy atom. The number of Topliss-reactive ketones (excluding diaryl/α,β-unsaturated/α-hetero) is 3. The number of alkyl halides is 2. The van der Waals surface area contributed by atoms with E-state index in [1.54, 1.807) is 60.7 Å². The summed E-state index contributed by atoms with van der Waals surface area (Å²) in [5.41, 5.74) is 1.24. The van der Waals surface area contributed by atoms with Gasteiger partial charge in [0, 0.05) is 0 Å². The summed E-state index contributed by atoms with van der Waals surface area (Å²) < 4.78 is 10.0. The minimum atomic E-state index is -1.81. The molecule has 0 aliphatic rings. The molecule has 4 N–H and O–H groups in total. The molecule has 0 fully saturated rings. The number of carbonyl (C=O) groups is 7. The SMILES string of the molecule is O=C(O)C[C@H](NC(=O)OCc1ccccc1)C(=O)C(Br)C(=O)C(Br)C(=O)[C@H](CC(=O)O)NC(=O)OCc1ccccc1. The summed E-state index contributed by atoms with van der Waals surface area (Å²) >= 11 is 5.68. The molecule has 42 heavy (non-hydrogen) atoms. The van der Waals surface area contributed by atoms with Crippen molar-refractivity contribution < 1.29 is 53.2 Å². The average Bonchev–Trinajstić information content (AvgIpc) is 2.97. The van der Waals surface area contributed by atoms with Crippen molar-refractivity contribution in [2.45, 2.75) is 47.8 Å². The van der Waals surface area contributed by atoms with Crippen molar-refractivity contribution >= 4 is 73.3 Å². The van der Waals surface area contributed by atoms with Gasteiger partial charge in [-0.15, -0.1) is 0 Å². The zero-order chi connectivity index (χ0) is 31.2.